The SMILES string of the molecule is CCCCCNCCN1CCCC1COC(=S)NC. The van der Waals surface area contributed by atoms with Crippen LogP contribution in [0.3, 0.4) is 0 Å². The zero-order valence-corrected chi connectivity index (χ0v) is 13.2. The van der Waals surface area contributed by atoms with E-state index in [0.29, 0.717) is 11.2 Å². The van der Waals surface area contributed by atoms with Crippen molar-refractivity contribution >= 4 is 17.4 Å². The number of ether oxygens (including phenoxy) is 1. The van der Waals surface area contributed by atoms with E-state index in [-0.39, 0.29) is 0 Å². The normalized spacial score (nSPS) is 19.6. The summed E-state index contributed by atoms with van der Waals surface area (Å²) in [5.74, 6) is 0. The highest BCUT2D eigenvalue weighted by Gasteiger charge is 2.24. The predicted molar refractivity (Wildman–Crippen MR) is 84.6 cm³/mol. The summed E-state index contributed by atoms with van der Waals surface area (Å²) < 4.78 is 5.52. The number of hydrogen-bond acceptors (Lipinski definition) is 4. The minimum atomic E-state index is 0.504. The van der Waals surface area contributed by atoms with Gasteiger partial charge in [-0.1, -0.05) is 19.8 Å². The van der Waals surface area contributed by atoms with Crippen molar-refractivity contribution in [2.45, 2.75) is 45.1 Å². The molecule has 0 aromatic rings. The van der Waals surface area contributed by atoms with Crippen molar-refractivity contribution in [1.82, 2.24) is 15.5 Å². The molecule has 1 aliphatic heterocycles. The van der Waals surface area contributed by atoms with Gasteiger partial charge >= 0.3 is 0 Å². The Morgan fingerprint density at radius 1 is 1.37 bits per heavy atom. The molecule has 0 aromatic heterocycles. The first-order valence-electron chi connectivity index (χ1n) is 7.57. The molecule has 0 bridgehead atoms. The molecule has 0 radical (unpaired) electrons. The third-order valence-corrected chi connectivity index (χ3v) is 3.96. The lowest BCUT2D eigenvalue weighted by Crippen LogP contribution is -2.39. The maximum Gasteiger partial charge on any atom is 0.256 e. The first-order chi connectivity index (χ1) is 9.27. The zero-order valence-electron chi connectivity index (χ0n) is 12.4. The third-order valence-electron chi connectivity index (χ3n) is 3.64. The first kappa shape index (κ1) is 16.7. The highest BCUT2D eigenvalue weighted by atomic mass is 32.1. The molecule has 1 unspecified atom stereocenters. The molecule has 5 heteroatoms. The summed E-state index contributed by atoms with van der Waals surface area (Å²) in [5, 5.41) is 6.88. The largest absolute Gasteiger partial charge is 0.469 e. The number of unbranched alkanes of at least 4 members (excludes halogenated alkanes) is 2. The summed E-state index contributed by atoms with van der Waals surface area (Å²) >= 11 is 5.01. The fourth-order valence-electron chi connectivity index (χ4n) is 2.47. The molecule has 1 aliphatic rings. The Balaban J connectivity index is 2.08. The molecule has 1 heterocycles. The molecule has 2 N–H and O–H groups in total. The second-order valence-electron chi connectivity index (χ2n) is 5.14. The lowest BCUT2D eigenvalue weighted by atomic mass is 10.2. The molecule has 1 rings (SSSR count). The van der Waals surface area contributed by atoms with Gasteiger partial charge in [0.2, 0.25) is 0 Å². The maximum atomic E-state index is 5.52. The molecule has 1 atom stereocenters. The van der Waals surface area contributed by atoms with Crippen LogP contribution in [0.15, 0.2) is 0 Å². The fourth-order valence-corrected chi connectivity index (χ4v) is 2.54. The van der Waals surface area contributed by atoms with Gasteiger partial charge in [-0.05, 0) is 44.6 Å². The van der Waals surface area contributed by atoms with Crippen molar-refractivity contribution in [3.05, 3.63) is 0 Å². The summed E-state index contributed by atoms with van der Waals surface area (Å²) in [5.41, 5.74) is 0. The van der Waals surface area contributed by atoms with Crippen molar-refractivity contribution in [1.29, 1.82) is 0 Å². The van der Waals surface area contributed by atoms with E-state index in [9.17, 15) is 0 Å². The molecule has 0 aromatic carbocycles. The van der Waals surface area contributed by atoms with Crippen molar-refractivity contribution in [2.75, 3.05) is 39.8 Å². The molecule has 0 saturated carbocycles. The third kappa shape index (κ3) is 7.09. The van der Waals surface area contributed by atoms with Gasteiger partial charge in [-0.15, -0.1) is 0 Å². The van der Waals surface area contributed by atoms with E-state index in [4.69, 9.17) is 17.0 Å². The van der Waals surface area contributed by atoms with E-state index in [1.807, 2.05) is 0 Å². The van der Waals surface area contributed by atoms with E-state index in [1.54, 1.807) is 7.05 Å². The average Bonchev–Trinajstić information content (AvgIpc) is 2.87. The van der Waals surface area contributed by atoms with Gasteiger partial charge in [0.1, 0.15) is 6.61 Å². The molecular weight excluding hydrogens is 258 g/mol. The Hall–Kier alpha value is -0.390. The van der Waals surface area contributed by atoms with Gasteiger partial charge in [-0.3, -0.25) is 4.90 Å². The molecular formula is C14H29N3OS. The van der Waals surface area contributed by atoms with Crippen LogP contribution in [-0.2, 0) is 4.74 Å². The van der Waals surface area contributed by atoms with Gasteiger partial charge in [-0.25, -0.2) is 0 Å². The summed E-state index contributed by atoms with van der Waals surface area (Å²) in [6.45, 7) is 7.49. The maximum absolute atomic E-state index is 5.52. The Morgan fingerprint density at radius 2 is 2.21 bits per heavy atom. The lowest BCUT2D eigenvalue weighted by molar-refractivity contribution is 0.165. The van der Waals surface area contributed by atoms with Crippen molar-refractivity contribution in [2.24, 2.45) is 0 Å². The summed E-state index contributed by atoms with van der Waals surface area (Å²) in [7, 11) is 1.80. The number of rotatable bonds is 9. The molecule has 4 nitrogen and oxygen atoms in total. The minimum Gasteiger partial charge on any atom is -0.469 e. The second-order valence-corrected chi connectivity index (χ2v) is 5.51. The van der Waals surface area contributed by atoms with Gasteiger partial charge in [0.05, 0.1) is 0 Å². The Kier molecular flexibility index (Phi) is 9.12. The van der Waals surface area contributed by atoms with Crippen LogP contribution in [0.5, 0.6) is 0 Å². The van der Waals surface area contributed by atoms with Gasteiger partial charge in [0.25, 0.3) is 5.17 Å². The standard InChI is InChI=1S/C14H29N3OS/c1-3-4-5-8-16-9-11-17-10-6-7-13(17)12-18-14(19)15-2/h13,16H,3-12H2,1-2H3,(H,15,19). The Morgan fingerprint density at radius 3 is 2.95 bits per heavy atom. The molecule has 0 aliphatic carbocycles. The second kappa shape index (κ2) is 10.4. The van der Waals surface area contributed by atoms with E-state index in [2.05, 4.69) is 22.5 Å². The van der Waals surface area contributed by atoms with Crippen LogP contribution in [0.4, 0.5) is 0 Å². The lowest BCUT2D eigenvalue weighted by Gasteiger charge is -2.24. The first-order valence-corrected chi connectivity index (χ1v) is 7.98. The highest BCUT2D eigenvalue weighted by Crippen LogP contribution is 2.16. The van der Waals surface area contributed by atoms with Crippen LogP contribution < -0.4 is 10.6 Å². The molecule has 1 saturated heterocycles. The van der Waals surface area contributed by atoms with Crippen LogP contribution in [0.2, 0.25) is 0 Å². The van der Waals surface area contributed by atoms with E-state index >= 15 is 0 Å². The van der Waals surface area contributed by atoms with Crippen LogP contribution in [0, 0.1) is 0 Å². The summed E-state index contributed by atoms with van der Waals surface area (Å²) in [6.07, 6.45) is 6.41. The quantitative estimate of drug-likeness (QED) is 0.499. The molecule has 1 fully saturated rings. The van der Waals surface area contributed by atoms with E-state index < -0.39 is 0 Å². The number of nitrogens with zero attached hydrogens (tertiary/aromatic N) is 1. The number of likely N-dealkylation sites (tertiary alicyclic amines) is 1. The van der Waals surface area contributed by atoms with Crippen LogP contribution >= 0.6 is 12.2 Å². The molecule has 112 valence electrons. The topological polar surface area (TPSA) is 36.5 Å². The van der Waals surface area contributed by atoms with Crippen LogP contribution in [0.25, 0.3) is 0 Å². The molecule has 0 spiro atoms. The van der Waals surface area contributed by atoms with Gasteiger partial charge < -0.3 is 15.4 Å². The molecule has 19 heavy (non-hydrogen) atoms. The van der Waals surface area contributed by atoms with Crippen LogP contribution in [0.1, 0.15) is 39.0 Å². The summed E-state index contributed by atoms with van der Waals surface area (Å²) in [4.78, 5) is 2.52. The van der Waals surface area contributed by atoms with Gasteiger partial charge in [0.15, 0.2) is 0 Å². The van der Waals surface area contributed by atoms with E-state index in [0.717, 1.165) is 26.2 Å². The minimum absolute atomic E-state index is 0.504. The summed E-state index contributed by atoms with van der Waals surface area (Å²) in [6, 6.07) is 0.531. The smallest absolute Gasteiger partial charge is 0.256 e. The predicted octanol–water partition coefficient (Wildman–Crippen LogP) is 1.75. The van der Waals surface area contributed by atoms with Gasteiger partial charge in [-0.2, -0.15) is 0 Å². The number of thiocarbonyl (C=S) groups is 1. The van der Waals surface area contributed by atoms with Crippen molar-refractivity contribution in [3.63, 3.8) is 0 Å². The number of hydrogen-bond donors (Lipinski definition) is 2. The van der Waals surface area contributed by atoms with Crippen LogP contribution in [-0.4, -0.2) is 55.9 Å². The van der Waals surface area contributed by atoms with E-state index in [1.165, 1.54) is 38.6 Å². The van der Waals surface area contributed by atoms with Gasteiger partial charge in [0, 0.05) is 26.2 Å². The Labute approximate surface area is 123 Å². The fraction of sp³-hybridized carbons (Fsp3) is 0.929. The monoisotopic (exact) mass is 287 g/mol. The Bertz CT molecular complexity index is 251. The highest BCUT2D eigenvalue weighted by molar-refractivity contribution is 7.80. The average molecular weight is 287 g/mol. The number of nitrogens with one attached hydrogen (secondary N) is 2. The molecule has 0 amide bonds. The van der Waals surface area contributed by atoms with Crippen molar-refractivity contribution in [3.8, 4) is 0 Å². The van der Waals surface area contributed by atoms with Crippen molar-refractivity contribution < 1.29 is 4.74 Å². The zero-order chi connectivity index (χ0) is 13.9.